The largest absolute Gasteiger partial charge is 0.618 e. The number of aromatic nitrogens is 1. The third-order valence-corrected chi connectivity index (χ3v) is 4.58. The number of para-hydroxylation sites is 1. The first kappa shape index (κ1) is 20.8. The van der Waals surface area contributed by atoms with Crippen molar-refractivity contribution in [3.8, 4) is 5.75 Å². The number of hydrogen-bond acceptors (Lipinski definition) is 7. The second kappa shape index (κ2) is 8.64. The number of carbonyl (C=O) groups is 1. The van der Waals surface area contributed by atoms with Crippen LogP contribution in [0.4, 0.5) is 17.1 Å². The first-order valence-corrected chi connectivity index (χ1v) is 9.29. The number of pyridine rings is 1. The number of nitro groups is 1. The maximum atomic E-state index is 12.4. The van der Waals surface area contributed by atoms with Crippen molar-refractivity contribution in [1.82, 2.24) is 0 Å². The van der Waals surface area contributed by atoms with Crippen molar-refractivity contribution < 1.29 is 23.9 Å². The van der Waals surface area contributed by atoms with Gasteiger partial charge in [-0.2, -0.15) is 4.73 Å². The third kappa shape index (κ3) is 4.09. The predicted molar refractivity (Wildman–Crippen MR) is 111 cm³/mol. The van der Waals surface area contributed by atoms with Gasteiger partial charge in [-0.05, 0) is 44.2 Å². The molecule has 1 aromatic heterocycles. The second-order valence-electron chi connectivity index (χ2n) is 6.53. The van der Waals surface area contributed by atoms with Crippen molar-refractivity contribution in [2.75, 3.05) is 18.6 Å². The van der Waals surface area contributed by atoms with Crippen molar-refractivity contribution in [3.63, 3.8) is 0 Å². The van der Waals surface area contributed by atoms with E-state index in [1.807, 2.05) is 0 Å². The van der Waals surface area contributed by atoms with E-state index in [1.165, 1.54) is 12.3 Å². The van der Waals surface area contributed by atoms with Crippen molar-refractivity contribution in [1.29, 1.82) is 0 Å². The van der Waals surface area contributed by atoms with Crippen molar-refractivity contribution in [3.05, 3.63) is 70.0 Å². The van der Waals surface area contributed by atoms with Gasteiger partial charge in [0, 0.05) is 18.8 Å². The molecule has 1 heterocycles. The highest BCUT2D eigenvalue weighted by Gasteiger charge is 2.27. The Labute approximate surface area is 172 Å². The zero-order chi connectivity index (χ0) is 21.8. The van der Waals surface area contributed by atoms with Crippen LogP contribution in [0.5, 0.6) is 5.75 Å². The standard InChI is InChI=1S/C21H21N3O6/c1-4-29-21(25)14(2)30-16-11-9-15(10-12-16)22(3)19-13-23(26)18-8-6-5-7-17(18)20(19)24(27)28/h5-14H,4H2,1-3H3. The number of nitrogens with zero attached hydrogens (tertiary/aromatic N) is 3. The topological polar surface area (TPSA) is 109 Å². The monoisotopic (exact) mass is 411 g/mol. The SMILES string of the molecule is CCOC(=O)C(C)Oc1ccc(N(C)c2c[n+]([O-])c3ccccc3c2[N+](=O)[O-])cc1. The molecule has 0 aliphatic heterocycles. The summed E-state index contributed by atoms with van der Waals surface area (Å²) >= 11 is 0. The Balaban J connectivity index is 1.92. The molecule has 0 fully saturated rings. The van der Waals surface area contributed by atoms with Gasteiger partial charge in [0.2, 0.25) is 11.7 Å². The van der Waals surface area contributed by atoms with E-state index in [0.717, 1.165) is 0 Å². The van der Waals surface area contributed by atoms with E-state index in [2.05, 4.69) is 0 Å². The van der Waals surface area contributed by atoms with Crippen LogP contribution in [0.3, 0.4) is 0 Å². The minimum Gasteiger partial charge on any atom is -0.618 e. The van der Waals surface area contributed by atoms with Gasteiger partial charge in [0.1, 0.15) is 11.1 Å². The molecule has 30 heavy (non-hydrogen) atoms. The van der Waals surface area contributed by atoms with E-state index in [1.54, 1.807) is 68.3 Å². The lowest BCUT2D eigenvalue weighted by Gasteiger charge is -2.20. The quantitative estimate of drug-likeness (QED) is 0.192. The Bertz CT molecular complexity index is 1080. The summed E-state index contributed by atoms with van der Waals surface area (Å²) in [6.07, 6.45) is 0.419. The molecule has 0 amide bonds. The Morgan fingerprint density at radius 2 is 1.87 bits per heavy atom. The number of esters is 1. The fourth-order valence-electron chi connectivity index (χ4n) is 3.08. The van der Waals surface area contributed by atoms with Gasteiger partial charge in [-0.1, -0.05) is 12.1 Å². The van der Waals surface area contributed by atoms with Gasteiger partial charge in [0.25, 0.3) is 0 Å². The van der Waals surface area contributed by atoms with Gasteiger partial charge in [0.15, 0.2) is 11.8 Å². The van der Waals surface area contributed by atoms with Gasteiger partial charge >= 0.3 is 11.7 Å². The van der Waals surface area contributed by atoms with E-state index >= 15 is 0 Å². The average molecular weight is 411 g/mol. The van der Waals surface area contributed by atoms with E-state index in [0.29, 0.717) is 16.2 Å². The first-order valence-electron chi connectivity index (χ1n) is 9.29. The van der Waals surface area contributed by atoms with Gasteiger partial charge in [-0.3, -0.25) is 10.1 Å². The predicted octanol–water partition coefficient (Wildman–Crippen LogP) is 3.48. The van der Waals surface area contributed by atoms with Crippen LogP contribution in [0.15, 0.2) is 54.7 Å². The fourth-order valence-corrected chi connectivity index (χ4v) is 3.08. The molecule has 3 aromatic rings. The Morgan fingerprint density at radius 1 is 1.20 bits per heavy atom. The molecule has 1 unspecified atom stereocenters. The van der Waals surface area contributed by atoms with E-state index in [9.17, 15) is 20.1 Å². The molecule has 1 atom stereocenters. The molecule has 9 nitrogen and oxygen atoms in total. The van der Waals surface area contributed by atoms with Crippen molar-refractivity contribution in [2.24, 2.45) is 0 Å². The molecule has 0 saturated heterocycles. The molecule has 0 N–H and O–H groups in total. The van der Waals surface area contributed by atoms with Crippen molar-refractivity contribution >= 4 is 33.9 Å². The second-order valence-corrected chi connectivity index (χ2v) is 6.53. The molecule has 9 heteroatoms. The summed E-state index contributed by atoms with van der Waals surface area (Å²) in [4.78, 5) is 24.5. The highest BCUT2D eigenvalue weighted by atomic mass is 16.6. The van der Waals surface area contributed by atoms with Crippen LogP contribution in [0.2, 0.25) is 0 Å². The van der Waals surface area contributed by atoms with Gasteiger partial charge in [-0.25, -0.2) is 4.79 Å². The zero-order valence-electron chi connectivity index (χ0n) is 16.8. The molecular formula is C21H21N3O6. The summed E-state index contributed by atoms with van der Waals surface area (Å²) in [6.45, 7) is 3.57. The molecule has 0 spiro atoms. The number of fused-ring (bicyclic) bond motifs is 1. The third-order valence-electron chi connectivity index (χ3n) is 4.58. The Kier molecular flexibility index (Phi) is 6.01. The molecule has 0 saturated carbocycles. The molecule has 156 valence electrons. The number of ether oxygens (including phenoxy) is 2. The first-order chi connectivity index (χ1) is 14.3. The number of hydrogen-bond donors (Lipinski definition) is 0. The van der Waals surface area contributed by atoms with Gasteiger partial charge in [-0.15, -0.1) is 0 Å². The van der Waals surface area contributed by atoms with Crippen molar-refractivity contribution in [2.45, 2.75) is 20.0 Å². The maximum Gasteiger partial charge on any atom is 0.347 e. The molecule has 2 aromatic carbocycles. The Morgan fingerprint density at radius 3 is 2.50 bits per heavy atom. The number of anilines is 2. The molecular weight excluding hydrogens is 390 g/mol. The molecule has 3 rings (SSSR count). The lowest BCUT2D eigenvalue weighted by molar-refractivity contribution is -0.576. The highest BCUT2D eigenvalue weighted by Crippen LogP contribution is 2.36. The molecule has 0 aliphatic carbocycles. The normalized spacial score (nSPS) is 11.7. The zero-order valence-corrected chi connectivity index (χ0v) is 16.8. The molecule has 0 radical (unpaired) electrons. The minimum atomic E-state index is -0.769. The smallest absolute Gasteiger partial charge is 0.347 e. The number of carbonyl (C=O) groups excluding carboxylic acids is 1. The number of benzene rings is 2. The summed E-state index contributed by atoms with van der Waals surface area (Å²) in [5.41, 5.74) is 0.821. The van der Waals surface area contributed by atoms with E-state index < -0.39 is 17.0 Å². The molecule has 0 bridgehead atoms. The molecule has 0 aliphatic rings. The average Bonchev–Trinajstić information content (AvgIpc) is 2.73. The minimum absolute atomic E-state index is 0.155. The summed E-state index contributed by atoms with van der Waals surface area (Å²) < 4.78 is 11.1. The summed E-state index contributed by atoms with van der Waals surface area (Å²) in [5.74, 6) is -0.0231. The highest BCUT2D eigenvalue weighted by molar-refractivity contribution is 5.93. The lowest BCUT2D eigenvalue weighted by atomic mass is 10.1. The number of rotatable bonds is 7. The van der Waals surface area contributed by atoms with Crippen LogP contribution in [-0.4, -0.2) is 30.7 Å². The summed E-state index contributed by atoms with van der Waals surface area (Å²) in [7, 11) is 1.63. The van der Waals surface area contributed by atoms with Crippen LogP contribution < -0.4 is 14.4 Å². The van der Waals surface area contributed by atoms with Crippen LogP contribution in [0.25, 0.3) is 10.9 Å². The van der Waals surface area contributed by atoms with Gasteiger partial charge in [0.05, 0.1) is 11.5 Å². The fraction of sp³-hybridized carbons (Fsp3) is 0.238. The van der Waals surface area contributed by atoms with Crippen LogP contribution >= 0.6 is 0 Å². The summed E-state index contributed by atoms with van der Waals surface area (Å²) in [6, 6.07) is 13.0. The van der Waals surface area contributed by atoms with E-state index in [-0.39, 0.29) is 28.9 Å². The van der Waals surface area contributed by atoms with E-state index in [4.69, 9.17) is 9.47 Å². The van der Waals surface area contributed by atoms with Crippen LogP contribution in [0.1, 0.15) is 13.8 Å². The van der Waals surface area contributed by atoms with Crippen LogP contribution in [0, 0.1) is 15.3 Å². The van der Waals surface area contributed by atoms with Gasteiger partial charge < -0.3 is 19.6 Å². The maximum absolute atomic E-state index is 12.4. The Hall–Kier alpha value is -3.88. The lowest BCUT2D eigenvalue weighted by Crippen LogP contribution is -2.29. The summed E-state index contributed by atoms with van der Waals surface area (Å²) in [5, 5.41) is 24.4. The van der Waals surface area contributed by atoms with Crippen LogP contribution in [-0.2, 0) is 9.53 Å².